The van der Waals surface area contributed by atoms with Crippen LogP contribution >= 0.6 is 0 Å². The first-order chi connectivity index (χ1) is 12.8. The van der Waals surface area contributed by atoms with Gasteiger partial charge in [-0.3, -0.25) is 9.59 Å². The highest BCUT2D eigenvalue weighted by Gasteiger charge is 2.40. The standard InChI is InChI=1S/C19H16F3N3O2/c1-11-15(12-5-3-2-4-6-12)16(18(27)25-24-11)17(26)23-14-9-7-13(8-10-14)19(20,21)22/h2-10,15-16H,1H3,(H,23,26)(H,25,27). The molecule has 2 amide bonds. The van der Waals surface area contributed by atoms with Crippen molar-refractivity contribution < 1.29 is 22.8 Å². The Morgan fingerprint density at radius 2 is 1.70 bits per heavy atom. The van der Waals surface area contributed by atoms with Crippen molar-refractivity contribution in [2.75, 3.05) is 5.32 Å². The SMILES string of the molecule is CC1=NNC(=O)C(C(=O)Nc2ccc(C(F)(F)F)cc2)C1c1ccccc1. The van der Waals surface area contributed by atoms with Crippen LogP contribution in [0.5, 0.6) is 0 Å². The van der Waals surface area contributed by atoms with Crippen molar-refractivity contribution in [2.24, 2.45) is 11.0 Å². The minimum absolute atomic E-state index is 0.174. The molecule has 0 saturated carbocycles. The zero-order valence-corrected chi connectivity index (χ0v) is 14.2. The van der Waals surface area contributed by atoms with Gasteiger partial charge in [-0.25, -0.2) is 5.43 Å². The number of hydrazone groups is 1. The van der Waals surface area contributed by atoms with Gasteiger partial charge in [0.05, 0.1) is 5.56 Å². The molecule has 0 bridgehead atoms. The summed E-state index contributed by atoms with van der Waals surface area (Å²) in [6, 6.07) is 13.0. The summed E-state index contributed by atoms with van der Waals surface area (Å²) in [7, 11) is 0. The number of benzene rings is 2. The van der Waals surface area contributed by atoms with Crippen LogP contribution in [0.1, 0.15) is 24.0 Å². The van der Waals surface area contributed by atoms with Crippen LogP contribution in [0.3, 0.4) is 0 Å². The zero-order chi connectivity index (χ0) is 19.6. The van der Waals surface area contributed by atoms with E-state index in [1.54, 1.807) is 31.2 Å². The van der Waals surface area contributed by atoms with Gasteiger partial charge in [-0.05, 0) is 36.8 Å². The fourth-order valence-electron chi connectivity index (χ4n) is 3.00. The minimum atomic E-state index is -4.46. The molecule has 0 aromatic heterocycles. The van der Waals surface area contributed by atoms with E-state index in [4.69, 9.17) is 0 Å². The normalized spacial score (nSPS) is 19.9. The third kappa shape index (κ3) is 3.99. The molecule has 8 heteroatoms. The van der Waals surface area contributed by atoms with Crippen molar-refractivity contribution in [1.29, 1.82) is 0 Å². The molecule has 140 valence electrons. The number of halogens is 3. The molecule has 1 aliphatic rings. The molecule has 0 fully saturated rings. The summed E-state index contributed by atoms with van der Waals surface area (Å²) in [6.07, 6.45) is -4.46. The summed E-state index contributed by atoms with van der Waals surface area (Å²) in [4.78, 5) is 25.1. The summed E-state index contributed by atoms with van der Waals surface area (Å²) >= 11 is 0. The van der Waals surface area contributed by atoms with Gasteiger partial charge < -0.3 is 5.32 Å². The topological polar surface area (TPSA) is 70.6 Å². The predicted molar refractivity (Wildman–Crippen MR) is 94.0 cm³/mol. The van der Waals surface area contributed by atoms with Gasteiger partial charge in [0, 0.05) is 17.3 Å². The third-order valence-corrected chi connectivity index (χ3v) is 4.33. The van der Waals surface area contributed by atoms with Crippen LogP contribution in [0.15, 0.2) is 59.7 Å². The monoisotopic (exact) mass is 375 g/mol. The Hall–Kier alpha value is -3.16. The molecule has 0 radical (unpaired) electrons. The summed E-state index contributed by atoms with van der Waals surface area (Å²) < 4.78 is 38.0. The highest BCUT2D eigenvalue weighted by atomic mass is 19.4. The molecule has 2 N–H and O–H groups in total. The number of carbonyl (C=O) groups is 2. The average Bonchev–Trinajstić information content (AvgIpc) is 2.63. The largest absolute Gasteiger partial charge is 0.416 e. The highest BCUT2D eigenvalue weighted by Crippen LogP contribution is 2.32. The van der Waals surface area contributed by atoms with E-state index in [0.717, 1.165) is 29.8 Å². The van der Waals surface area contributed by atoms with Crippen LogP contribution < -0.4 is 10.7 Å². The number of rotatable bonds is 3. The quantitative estimate of drug-likeness (QED) is 0.806. The highest BCUT2D eigenvalue weighted by molar-refractivity contribution is 6.13. The van der Waals surface area contributed by atoms with Crippen LogP contribution in [-0.2, 0) is 15.8 Å². The van der Waals surface area contributed by atoms with Gasteiger partial charge in [0.1, 0.15) is 5.92 Å². The van der Waals surface area contributed by atoms with Crippen molar-refractivity contribution in [3.8, 4) is 0 Å². The number of hydrogen-bond donors (Lipinski definition) is 2. The molecular weight excluding hydrogens is 359 g/mol. The molecular formula is C19H16F3N3O2. The van der Waals surface area contributed by atoms with E-state index in [1.165, 1.54) is 0 Å². The van der Waals surface area contributed by atoms with Crippen molar-refractivity contribution in [3.05, 3.63) is 65.7 Å². The maximum absolute atomic E-state index is 12.7. The lowest BCUT2D eigenvalue weighted by molar-refractivity contribution is -0.137. The first-order valence-corrected chi connectivity index (χ1v) is 8.14. The Kier molecular flexibility index (Phi) is 4.98. The first-order valence-electron chi connectivity index (χ1n) is 8.14. The molecule has 0 saturated heterocycles. The number of anilines is 1. The molecule has 0 aliphatic carbocycles. The number of amides is 2. The van der Waals surface area contributed by atoms with Gasteiger partial charge in [-0.15, -0.1) is 0 Å². The molecule has 27 heavy (non-hydrogen) atoms. The summed E-state index contributed by atoms with van der Waals surface area (Å²) in [6.45, 7) is 1.70. The Labute approximate surface area is 153 Å². The van der Waals surface area contributed by atoms with E-state index >= 15 is 0 Å². The number of nitrogens with zero attached hydrogens (tertiary/aromatic N) is 1. The average molecular weight is 375 g/mol. The number of hydrogen-bond acceptors (Lipinski definition) is 3. The Morgan fingerprint density at radius 3 is 2.30 bits per heavy atom. The van der Waals surface area contributed by atoms with Gasteiger partial charge in [-0.1, -0.05) is 30.3 Å². The summed E-state index contributed by atoms with van der Waals surface area (Å²) in [5, 5.41) is 6.48. The van der Waals surface area contributed by atoms with Crippen molar-refractivity contribution in [1.82, 2.24) is 5.43 Å². The Bertz CT molecular complexity index is 877. The second-order valence-electron chi connectivity index (χ2n) is 6.16. The maximum Gasteiger partial charge on any atom is 0.416 e. The zero-order valence-electron chi connectivity index (χ0n) is 14.2. The lowest BCUT2D eigenvalue weighted by Crippen LogP contribution is -2.46. The van der Waals surface area contributed by atoms with Crippen LogP contribution in [0.4, 0.5) is 18.9 Å². The van der Waals surface area contributed by atoms with Crippen molar-refractivity contribution in [2.45, 2.75) is 19.0 Å². The van der Waals surface area contributed by atoms with Crippen LogP contribution in [0.2, 0.25) is 0 Å². The summed E-state index contributed by atoms with van der Waals surface area (Å²) in [5.74, 6) is -2.84. The second kappa shape index (κ2) is 7.22. The molecule has 2 aromatic rings. The number of carbonyl (C=O) groups excluding carboxylic acids is 2. The van der Waals surface area contributed by atoms with E-state index in [9.17, 15) is 22.8 Å². The van der Waals surface area contributed by atoms with Crippen LogP contribution in [0, 0.1) is 5.92 Å². The minimum Gasteiger partial charge on any atom is -0.325 e. The summed E-state index contributed by atoms with van der Waals surface area (Å²) in [5.41, 5.74) is 2.99. The molecule has 1 aliphatic heterocycles. The first kappa shape index (κ1) is 18.6. The van der Waals surface area contributed by atoms with Crippen LogP contribution in [0.25, 0.3) is 0 Å². The third-order valence-electron chi connectivity index (χ3n) is 4.33. The van der Waals surface area contributed by atoms with E-state index in [-0.39, 0.29) is 5.69 Å². The maximum atomic E-state index is 12.7. The van der Waals surface area contributed by atoms with E-state index < -0.39 is 35.4 Å². The van der Waals surface area contributed by atoms with Gasteiger partial charge in [-0.2, -0.15) is 18.3 Å². The number of nitrogens with one attached hydrogen (secondary N) is 2. The van der Waals surface area contributed by atoms with Crippen molar-refractivity contribution >= 4 is 23.2 Å². The molecule has 5 nitrogen and oxygen atoms in total. The van der Waals surface area contributed by atoms with E-state index in [1.807, 2.05) is 6.07 Å². The smallest absolute Gasteiger partial charge is 0.325 e. The second-order valence-corrected chi connectivity index (χ2v) is 6.16. The Balaban J connectivity index is 1.85. The molecule has 1 heterocycles. The lowest BCUT2D eigenvalue weighted by Gasteiger charge is -2.29. The molecule has 2 atom stereocenters. The fraction of sp³-hybridized carbons (Fsp3) is 0.211. The van der Waals surface area contributed by atoms with Gasteiger partial charge in [0.2, 0.25) is 5.91 Å². The molecule has 0 spiro atoms. The molecule has 2 aromatic carbocycles. The van der Waals surface area contributed by atoms with E-state index in [2.05, 4.69) is 15.8 Å². The molecule has 3 rings (SSSR count). The van der Waals surface area contributed by atoms with Gasteiger partial charge in [0.15, 0.2) is 0 Å². The van der Waals surface area contributed by atoms with Gasteiger partial charge in [0.25, 0.3) is 5.91 Å². The Morgan fingerprint density at radius 1 is 1.07 bits per heavy atom. The van der Waals surface area contributed by atoms with Crippen LogP contribution in [-0.4, -0.2) is 17.5 Å². The van der Waals surface area contributed by atoms with E-state index in [0.29, 0.717) is 5.71 Å². The van der Waals surface area contributed by atoms with Gasteiger partial charge >= 0.3 is 6.18 Å². The number of alkyl halides is 3. The predicted octanol–water partition coefficient (Wildman–Crippen LogP) is 3.55. The molecule has 2 unspecified atom stereocenters. The lowest BCUT2D eigenvalue weighted by atomic mass is 9.81. The van der Waals surface area contributed by atoms with Crippen molar-refractivity contribution in [3.63, 3.8) is 0 Å². The fourth-order valence-corrected chi connectivity index (χ4v) is 3.00.